The van der Waals surface area contributed by atoms with E-state index in [-0.39, 0.29) is 5.60 Å². The Hall–Kier alpha value is -0.870. The fourth-order valence-corrected chi connectivity index (χ4v) is 1.46. The molecular weight excluding hydrogens is 214 g/mol. The SMILES string of the molecule is CC(C)NCc1nccn1CCOC(C)(C)C. The van der Waals surface area contributed by atoms with Crippen LogP contribution in [0.3, 0.4) is 0 Å². The molecule has 1 heterocycles. The first kappa shape index (κ1) is 14.2. The topological polar surface area (TPSA) is 39.1 Å². The largest absolute Gasteiger partial charge is 0.374 e. The van der Waals surface area contributed by atoms with Gasteiger partial charge in [0.05, 0.1) is 18.8 Å². The Morgan fingerprint density at radius 3 is 2.71 bits per heavy atom. The number of nitrogens with zero attached hydrogens (tertiary/aromatic N) is 2. The van der Waals surface area contributed by atoms with Gasteiger partial charge in [-0.25, -0.2) is 4.98 Å². The van der Waals surface area contributed by atoms with Crippen molar-refractivity contribution in [3.63, 3.8) is 0 Å². The molecule has 0 saturated carbocycles. The number of hydrogen-bond acceptors (Lipinski definition) is 3. The number of nitrogens with one attached hydrogen (secondary N) is 1. The molecule has 1 rings (SSSR count). The van der Waals surface area contributed by atoms with Gasteiger partial charge in [0.15, 0.2) is 0 Å². The van der Waals surface area contributed by atoms with Crippen LogP contribution in [0, 0.1) is 0 Å². The molecule has 17 heavy (non-hydrogen) atoms. The van der Waals surface area contributed by atoms with E-state index in [0.29, 0.717) is 12.6 Å². The number of aromatic nitrogens is 2. The molecule has 0 aliphatic heterocycles. The van der Waals surface area contributed by atoms with Crippen LogP contribution in [0.1, 0.15) is 40.4 Å². The lowest BCUT2D eigenvalue weighted by Crippen LogP contribution is -2.25. The zero-order valence-corrected chi connectivity index (χ0v) is 11.7. The minimum Gasteiger partial charge on any atom is -0.374 e. The van der Waals surface area contributed by atoms with Gasteiger partial charge in [0.25, 0.3) is 0 Å². The van der Waals surface area contributed by atoms with Crippen LogP contribution in [0.4, 0.5) is 0 Å². The fourth-order valence-electron chi connectivity index (χ4n) is 1.46. The molecule has 0 radical (unpaired) electrons. The number of rotatable bonds is 6. The van der Waals surface area contributed by atoms with Gasteiger partial charge in [-0.1, -0.05) is 13.8 Å². The van der Waals surface area contributed by atoms with Crippen LogP contribution in [0.15, 0.2) is 12.4 Å². The maximum atomic E-state index is 5.71. The Balaban J connectivity index is 2.40. The van der Waals surface area contributed by atoms with E-state index in [9.17, 15) is 0 Å². The Morgan fingerprint density at radius 2 is 2.12 bits per heavy atom. The normalized spacial score (nSPS) is 12.4. The van der Waals surface area contributed by atoms with Crippen molar-refractivity contribution < 1.29 is 4.74 Å². The lowest BCUT2D eigenvalue weighted by atomic mass is 10.2. The first-order chi connectivity index (χ1) is 7.88. The number of ether oxygens (including phenoxy) is 1. The molecule has 0 amide bonds. The van der Waals surface area contributed by atoms with E-state index >= 15 is 0 Å². The second-order valence-electron chi connectivity index (χ2n) is 5.53. The smallest absolute Gasteiger partial charge is 0.122 e. The van der Waals surface area contributed by atoms with Crippen LogP contribution in [0.2, 0.25) is 0 Å². The summed E-state index contributed by atoms with van der Waals surface area (Å²) in [5.41, 5.74) is -0.0725. The molecule has 4 nitrogen and oxygen atoms in total. The molecule has 0 unspecified atom stereocenters. The molecule has 0 fully saturated rings. The highest BCUT2D eigenvalue weighted by atomic mass is 16.5. The second kappa shape index (κ2) is 6.17. The van der Waals surface area contributed by atoms with Crippen molar-refractivity contribution >= 4 is 0 Å². The van der Waals surface area contributed by atoms with Gasteiger partial charge in [0.1, 0.15) is 5.82 Å². The summed E-state index contributed by atoms with van der Waals surface area (Å²) in [5.74, 6) is 1.07. The summed E-state index contributed by atoms with van der Waals surface area (Å²) < 4.78 is 7.85. The zero-order valence-electron chi connectivity index (χ0n) is 11.7. The summed E-state index contributed by atoms with van der Waals surface area (Å²) in [6, 6.07) is 0.478. The summed E-state index contributed by atoms with van der Waals surface area (Å²) in [6.45, 7) is 12.9. The Bertz CT molecular complexity index is 326. The Kier molecular flexibility index (Phi) is 5.15. The number of hydrogen-bond donors (Lipinski definition) is 1. The van der Waals surface area contributed by atoms with Gasteiger partial charge in [-0.15, -0.1) is 0 Å². The molecule has 1 aromatic rings. The predicted octanol–water partition coefficient (Wildman–Crippen LogP) is 2.20. The molecule has 1 N–H and O–H groups in total. The first-order valence-corrected chi connectivity index (χ1v) is 6.26. The van der Waals surface area contributed by atoms with Crippen LogP contribution in [0.5, 0.6) is 0 Å². The molecule has 0 atom stereocenters. The van der Waals surface area contributed by atoms with Gasteiger partial charge < -0.3 is 14.6 Å². The van der Waals surface area contributed by atoms with E-state index in [2.05, 4.69) is 49.5 Å². The second-order valence-corrected chi connectivity index (χ2v) is 5.53. The van der Waals surface area contributed by atoms with Gasteiger partial charge >= 0.3 is 0 Å². The van der Waals surface area contributed by atoms with E-state index in [1.165, 1.54) is 0 Å². The summed E-state index contributed by atoms with van der Waals surface area (Å²) >= 11 is 0. The van der Waals surface area contributed by atoms with Crippen LogP contribution >= 0.6 is 0 Å². The van der Waals surface area contributed by atoms with E-state index in [1.54, 1.807) is 0 Å². The molecule has 0 aromatic carbocycles. The molecular formula is C13H25N3O. The van der Waals surface area contributed by atoms with Gasteiger partial charge in [-0.2, -0.15) is 0 Å². The van der Waals surface area contributed by atoms with Gasteiger partial charge in [-0.3, -0.25) is 0 Å². The van der Waals surface area contributed by atoms with Crippen molar-refractivity contribution in [2.24, 2.45) is 0 Å². The van der Waals surface area contributed by atoms with Crippen molar-refractivity contribution in [2.75, 3.05) is 6.61 Å². The van der Waals surface area contributed by atoms with Crippen molar-refractivity contribution in [3.8, 4) is 0 Å². The average molecular weight is 239 g/mol. The fraction of sp³-hybridized carbons (Fsp3) is 0.769. The van der Waals surface area contributed by atoms with E-state index < -0.39 is 0 Å². The third kappa shape index (κ3) is 5.84. The number of imidazole rings is 1. The quantitative estimate of drug-likeness (QED) is 0.827. The molecule has 0 spiro atoms. The van der Waals surface area contributed by atoms with Gasteiger partial charge in [0.2, 0.25) is 0 Å². The van der Waals surface area contributed by atoms with Gasteiger partial charge in [0, 0.05) is 25.0 Å². The highest BCUT2D eigenvalue weighted by molar-refractivity contribution is 4.92. The van der Waals surface area contributed by atoms with Crippen LogP contribution in [0.25, 0.3) is 0 Å². The molecule has 1 aromatic heterocycles. The molecule has 4 heteroatoms. The molecule has 0 aliphatic rings. The minimum atomic E-state index is -0.0725. The lowest BCUT2D eigenvalue weighted by Gasteiger charge is -2.20. The third-order valence-electron chi connectivity index (χ3n) is 2.34. The third-order valence-corrected chi connectivity index (χ3v) is 2.34. The summed E-state index contributed by atoms with van der Waals surface area (Å²) in [6.07, 6.45) is 3.85. The lowest BCUT2D eigenvalue weighted by molar-refractivity contribution is -0.00709. The van der Waals surface area contributed by atoms with Crippen molar-refractivity contribution in [2.45, 2.75) is 59.4 Å². The predicted molar refractivity (Wildman–Crippen MR) is 69.9 cm³/mol. The minimum absolute atomic E-state index is 0.0725. The highest BCUT2D eigenvalue weighted by Crippen LogP contribution is 2.07. The molecule has 0 bridgehead atoms. The van der Waals surface area contributed by atoms with Crippen LogP contribution in [-0.2, 0) is 17.8 Å². The monoisotopic (exact) mass is 239 g/mol. The maximum absolute atomic E-state index is 5.71. The summed E-state index contributed by atoms with van der Waals surface area (Å²) in [4.78, 5) is 4.35. The van der Waals surface area contributed by atoms with E-state index in [4.69, 9.17) is 4.74 Å². The highest BCUT2D eigenvalue weighted by Gasteiger charge is 2.10. The van der Waals surface area contributed by atoms with Crippen molar-refractivity contribution in [1.29, 1.82) is 0 Å². The summed E-state index contributed by atoms with van der Waals surface area (Å²) in [7, 11) is 0. The molecule has 98 valence electrons. The standard InChI is InChI=1S/C13H25N3O/c1-11(2)15-10-12-14-6-7-16(12)8-9-17-13(3,4)5/h6-7,11,15H,8-10H2,1-5H3. The van der Waals surface area contributed by atoms with E-state index in [1.807, 2.05) is 12.4 Å². The first-order valence-electron chi connectivity index (χ1n) is 6.26. The van der Waals surface area contributed by atoms with E-state index in [0.717, 1.165) is 18.9 Å². The van der Waals surface area contributed by atoms with Crippen molar-refractivity contribution in [3.05, 3.63) is 18.2 Å². The Labute approximate surface area is 104 Å². The van der Waals surface area contributed by atoms with Gasteiger partial charge in [-0.05, 0) is 20.8 Å². The molecule has 0 aliphatic carbocycles. The Morgan fingerprint density at radius 1 is 1.41 bits per heavy atom. The summed E-state index contributed by atoms with van der Waals surface area (Å²) in [5, 5.41) is 3.37. The van der Waals surface area contributed by atoms with Crippen LogP contribution < -0.4 is 5.32 Å². The maximum Gasteiger partial charge on any atom is 0.122 e. The van der Waals surface area contributed by atoms with Crippen molar-refractivity contribution in [1.82, 2.24) is 14.9 Å². The molecule has 0 saturated heterocycles. The average Bonchev–Trinajstić information content (AvgIpc) is 2.60. The zero-order chi connectivity index (χ0) is 12.9. The van der Waals surface area contributed by atoms with Crippen LogP contribution in [-0.4, -0.2) is 27.8 Å².